The SMILES string of the molecule is CCCCOCCOc1ccc(-c2cnc(N3CCC(COC(C)=O)C3)c(/C=C(\C)C(=O)Nc3ccc([S@@](=O)Cc4cncn4CCC)cc3)c2)cc1. The number of ether oxygens (including phenoxy) is 3. The van der Waals surface area contributed by atoms with Crippen molar-refractivity contribution in [1.82, 2.24) is 14.5 Å². The summed E-state index contributed by atoms with van der Waals surface area (Å²) in [6.07, 6.45) is 11.2. The van der Waals surface area contributed by atoms with Gasteiger partial charge >= 0.3 is 5.97 Å². The number of rotatable bonds is 19. The van der Waals surface area contributed by atoms with E-state index in [4.69, 9.17) is 19.2 Å². The molecule has 2 atom stereocenters. The predicted molar refractivity (Wildman–Crippen MR) is 209 cm³/mol. The van der Waals surface area contributed by atoms with E-state index in [0.717, 1.165) is 79.3 Å². The number of pyridine rings is 1. The summed E-state index contributed by atoms with van der Waals surface area (Å²) in [7, 11) is -1.25. The lowest BCUT2D eigenvalue weighted by molar-refractivity contribution is -0.142. The summed E-state index contributed by atoms with van der Waals surface area (Å²) in [6.45, 7) is 11.9. The first-order valence-corrected chi connectivity index (χ1v) is 19.7. The summed E-state index contributed by atoms with van der Waals surface area (Å²) in [5, 5.41) is 2.98. The maximum absolute atomic E-state index is 13.5. The highest BCUT2D eigenvalue weighted by Crippen LogP contribution is 2.31. The maximum atomic E-state index is 13.5. The van der Waals surface area contributed by atoms with Crippen LogP contribution in [0.15, 0.2) is 83.8 Å². The first-order chi connectivity index (χ1) is 25.7. The predicted octanol–water partition coefficient (Wildman–Crippen LogP) is 7.29. The lowest BCUT2D eigenvalue weighted by Gasteiger charge is -2.21. The standard InChI is InChI=1S/C41H51N5O6S/c1-5-7-19-50-20-21-51-38-12-8-33(9-13-38)35-23-34(40(43-24-35)45-18-16-32(26-45)27-52-31(4)47)22-30(3)41(48)44-36-10-14-39(15-11-36)53(49)28-37-25-42-29-46(37)17-6-2/h8-15,22-25,29,32H,5-7,16-21,26-28H2,1-4H3,(H,44,48)/b30-22+/t32?,53-/m0/s1. The van der Waals surface area contributed by atoms with E-state index >= 15 is 0 Å². The number of esters is 1. The van der Waals surface area contributed by atoms with Gasteiger partial charge in [-0.15, -0.1) is 0 Å². The molecule has 5 rings (SSSR count). The van der Waals surface area contributed by atoms with E-state index in [0.29, 0.717) is 48.3 Å². The van der Waals surface area contributed by atoms with Crippen molar-refractivity contribution < 1.29 is 28.0 Å². The molecule has 53 heavy (non-hydrogen) atoms. The molecule has 1 aliphatic heterocycles. The molecule has 1 saturated heterocycles. The van der Waals surface area contributed by atoms with E-state index < -0.39 is 10.8 Å². The molecule has 1 N–H and O–H groups in total. The molecule has 3 heterocycles. The molecule has 0 bridgehead atoms. The van der Waals surface area contributed by atoms with Crippen molar-refractivity contribution in [2.24, 2.45) is 5.92 Å². The van der Waals surface area contributed by atoms with Crippen LogP contribution < -0.4 is 15.0 Å². The third-order valence-electron chi connectivity index (χ3n) is 8.98. The minimum atomic E-state index is -1.25. The lowest BCUT2D eigenvalue weighted by Crippen LogP contribution is -2.23. The number of aryl methyl sites for hydroxylation is 1. The van der Waals surface area contributed by atoms with Crippen LogP contribution in [-0.4, -0.2) is 70.1 Å². The molecule has 0 radical (unpaired) electrons. The number of anilines is 2. The van der Waals surface area contributed by atoms with Gasteiger partial charge in [0, 0.05) is 78.8 Å². The summed E-state index contributed by atoms with van der Waals surface area (Å²) in [5.41, 5.74) is 4.71. The summed E-state index contributed by atoms with van der Waals surface area (Å²) >= 11 is 0. The molecule has 1 aliphatic rings. The third-order valence-corrected chi connectivity index (χ3v) is 10.3. The molecule has 1 fully saturated rings. The van der Waals surface area contributed by atoms with Crippen LogP contribution in [0.4, 0.5) is 11.5 Å². The van der Waals surface area contributed by atoms with Crippen molar-refractivity contribution in [3.8, 4) is 16.9 Å². The van der Waals surface area contributed by atoms with Crippen molar-refractivity contribution in [3.63, 3.8) is 0 Å². The molecular formula is C41H51N5O6S. The van der Waals surface area contributed by atoms with Crippen LogP contribution >= 0.6 is 0 Å². The lowest BCUT2D eigenvalue weighted by atomic mass is 10.0. The second-order valence-corrected chi connectivity index (χ2v) is 14.7. The van der Waals surface area contributed by atoms with Crippen molar-refractivity contribution in [2.75, 3.05) is 49.7 Å². The van der Waals surface area contributed by atoms with Crippen molar-refractivity contribution in [1.29, 1.82) is 0 Å². The quantitative estimate of drug-likeness (QED) is 0.0600. The largest absolute Gasteiger partial charge is 0.491 e. The average Bonchev–Trinajstić information content (AvgIpc) is 3.82. The normalized spacial score (nSPS) is 15.0. The van der Waals surface area contributed by atoms with Crippen molar-refractivity contribution in [2.45, 2.75) is 70.6 Å². The van der Waals surface area contributed by atoms with Crippen molar-refractivity contribution in [3.05, 3.63) is 90.1 Å². The zero-order valence-electron chi connectivity index (χ0n) is 31.2. The number of carbonyl (C=O) groups is 2. The number of carbonyl (C=O) groups excluding carboxylic acids is 2. The Morgan fingerprint density at radius 2 is 1.77 bits per heavy atom. The van der Waals surface area contributed by atoms with Gasteiger partial charge in [0.1, 0.15) is 18.2 Å². The molecule has 0 saturated carbocycles. The fourth-order valence-corrected chi connectivity index (χ4v) is 7.17. The van der Waals surface area contributed by atoms with Crippen molar-refractivity contribution >= 4 is 40.3 Å². The molecule has 4 aromatic rings. The highest BCUT2D eigenvalue weighted by Gasteiger charge is 2.26. The number of nitrogens with one attached hydrogen (secondary N) is 1. The highest BCUT2D eigenvalue weighted by atomic mass is 32.2. The van der Waals surface area contributed by atoms with Gasteiger partial charge in [-0.05, 0) is 80.3 Å². The van der Waals surface area contributed by atoms with E-state index in [-0.39, 0.29) is 17.8 Å². The zero-order valence-corrected chi connectivity index (χ0v) is 32.0. The Balaban J connectivity index is 1.29. The van der Waals surface area contributed by atoms with Gasteiger partial charge < -0.3 is 29.0 Å². The van der Waals surface area contributed by atoms with E-state index in [1.165, 1.54) is 6.92 Å². The fraction of sp³-hybridized carbons (Fsp3) is 0.415. The molecule has 0 spiro atoms. The number of amides is 1. The smallest absolute Gasteiger partial charge is 0.302 e. The number of nitrogens with zero attached hydrogens (tertiary/aromatic N) is 4. The van der Waals surface area contributed by atoms with Crippen LogP contribution in [0.1, 0.15) is 64.6 Å². The number of hydrogen-bond donors (Lipinski definition) is 1. The summed E-state index contributed by atoms with van der Waals surface area (Å²) in [4.78, 5) is 36.9. The molecule has 12 heteroatoms. The Kier molecular flexibility index (Phi) is 14.8. The van der Waals surface area contributed by atoms with E-state index in [1.54, 1.807) is 43.7 Å². The molecule has 1 amide bonds. The summed E-state index contributed by atoms with van der Waals surface area (Å²) < 4.78 is 31.9. The second-order valence-electron chi connectivity index (χ2n) is 13.3. The van der Waals surface area contributed by atoms with E-state index in [9.17, 15) is 13.8 Å². The first kappa shape index (κ1) is 39.4. The second kappa shape index (κ2) is 19.9. The first-order valence-electron chi connectivity index (χ1n) is 18.4. The molecule has 2 aromatic carbocycles. The van der Waals surface area contributed by atoms with Gasteiger partial charge in [0.15, 0.2) is 0 Å². The van der Waals surface area contributed by atoms with Gasteiger partial charge in [-0.3, -0.25) is 13.8 Å². The average molecular weight is 742 g/mol. The number of hydrogen-bond acceptors (Lipinski definition) is 9. The molecule has 1 unspecified atom stereocenters. The van der Waals surface area contributed by atoms with Crippen LogP contribution in [-0.2, 0) is 42.2 Å². The minimum Gasteiger partial charge on any atom is -0.491 e. The Morgan fingerprint density at radius 3 is 2.51 bits per heavy atom. The van der Waals surface area contributed by atoms with Gasteiger partial charge in [0.25, 0.3) is 5.91 Å². The van der Waals surface area contributed by atoms with E-state index in [1.807, 2.05) is 47.2 Å². The Hall–Kier alpha value is -4.81. The van der Waals surface area contributed by atoms with Gasteiger partial charge in [-0.1, -0.05) is 32.4 Å². The number of unbranched alkanes of at least 4 members (excludes halogenated alkanes) is 1. The van der Waals surface area contributed by atoms with Crippen LogP contribution in [0.25, 0.3) is 17.2 Å². The molecule has 2 aromatic heterocycles. The number of aromatic nitrogens is 3. The number of benzene rings is 2. The molecule has 282 valence electrons. The Morgan fingerprint density at radius 1 is 0.981 bits per heavy atom. The van der Waals surface area contributed by atoms with Crippen LogP contribution in [0, 0.1) is 5.92 Å². The third kappa shape index (κ3) is 11.6. The molecule has 11 nitrogen and oxygen atoms in total. The monoisotopic (exact) mass is 741 g/mol. The van der Waals surface area contributed by atoms with Crippen LogP contribution in [0.2, 0.25) is 0 Å². The highest BCUT2D eigenvalue weighted by molar-refractivity contribution is 7.84. The fourth-order valence-electron chi connectivity index (χ4n) is 6.06. The van der Waals surface area contributed by atoms with Gasteiger partial charge in [-0.2, -0.15) is 0 Å². The Bertz CT molecular complexity index is 1860. The Labute approximate surface area is 315 Å². The van der Waals surface area contributed by atoms with Gasteiger partial charge in [0.2, 0.25) is 0 Å². The summed E-state index contributed by atoms with van der Waals surface area (Å²) in [6, 6.07) is 17.0. The van der Waals surface area contributed by atoms with Gasteiger partial charge in [-0.25, -0.2) is 9.97 Å². The maximum Gasteiger partial charge on any atom is 0.302 e. The van der Waals surface area contributed by atoms with Gasteiger partial charge in [0.05, 0.1) is 41.8 Å². The molecule has 0 aliphatic carbocycles. The molecular weight excluding hydrogens is 691 g/mol. The van der Waals surface area contributed by atoms with Crippen LogP contribution in [0.5, 0.6) is 5.75 Å². The zero-order chi connectivity index (χ0) is 37.6. The summed E-state index contributed by atoms with van der Waals surface area (Å²) in [5.74, 6) is 1.55. The van der Waals surface area contributed by atoms with Crippen LogP contribution in [0.3, 0.4) is 0 Å². The topological polar surface area (TPSA) is 125 Å². The van der Waals surface area contributed by atoms with E-state index in [2.05, 4.69) is 29.0 Å². The number of imidazole rings is 1. The minimum absolute atomic E-state index is 0.196.